The minimum Gasteiger partial charge on any atom is -0.328 e. The molecule has 1 aromatic rings. The maximum atomic E-state index is 11.8. The van der Waals surface area contributed by atoms with Gasteiger partial charge >= 0.3 is 6.03 Å². The van der Waals surface area contributed by atoms with Crippen LogP contribution in [0.2, 0.25) is 0 Å². The van der Waals surface area contributed by atoms with E-state index in [2.05, 4.69) is 22.8 Å². The molecule has 1 saturated carbocycles. The molecule has 17 heavy (non-hydrogen) atoms. The summed E-state index contributed by atoms with van der Waals surface area (Å²) < 4.78 is 0. The topological polar surface area (TPSA) is 41.1 Å². The lowest BCUT2D eigenvalue weighted by Gasteiger charge is -2.16. The van der Waals surface area contributed by atoms with E-state index in [0.717, 1.165) is 12.1 Å². The monoisotopic (exact) mass is 226 g/mol. The molecule has 3 nitrogen and oxygen atoms in total. The first-order valence-electron chi connectivity index (χ1n) is 5.79. The maximum absolute atomic E-state index is 11.8. The first-order valence-corrected chi connectivity index (χ1v) is 5.79. The number of carbonyl (C=O) groups excluding carboxylic acids is 1. The van der Waals surface area contributed by atoms with Crippen molar-refractivity contribution < 1.29 is 4.79 Å². The van der Waals surface area contributed by atoms with Gasteiger partial charge in [-0.05, 0) is 18.6 Å². The highest BCUT2D eigenvalue weighted by atomic mass is 16.2. The SMILES string of the molecule is O=C(Nc1ccccc1)NC12C=CC=CC1C2. The van der Waals surface area contributed by atoms with Crippen molar-refractivity contribution in [3.8, 4) is 0 Å². The van der Waals surface area contributed by atoms with Crippen LogP contribution in [0.25, 0.3) is 0 Å². The molecule has 0 radical (unpaired) electrons. The van der Waals surface area contributed by atoms with E-state index < -0.39 is 0 Å². The molecule has 0 aromatic heterocycles. The van der Waals surface area contributed by atoms with Crippen molar-refractivity contribution in [2.45, 2.75) is 12.0 Å². The molecule has 0 heterocycles. The van der Waals surface area contributed by atoms with Gasteiger partial charge in [-0.25, -0.2) is 4.79 Å². The summed E-state index contributed by atoms with van der Waals surface area (Å²) in [5.41, 5.74) is 0.682. The molecule has 0 bridgehead atoms. The standard InChI is InChI=1S/C14H14N2O/c17-13(15-12-7-2-1-3-8-12)16-14-9-5-4-6-11(14)10-14/h1-9,11H,10H2,(H2,15,16,17). The van der Waals surface area contributed by atoms with E-state index in [4.69, 9.17) is 0 Å². The Morgan fingerprint density at radius 1 is 1.24 bits per heavy atom. The van der Waals surface area contributed by atoms with E-state index in [1.54, 1.807) is 0 Å². The van der Waals surface area contributed by atoms with E-state index in [1.165, 1.54) is 0 Å². The molecule has 3 rings (SSSR count). The third kappa shape index (κ3) is 1.96. The Hall–Kier alpha value is -2.03. The van der Waals surface area contributed by atoms with Gasteiger partial charge in [-0.2, -0.15) is 0 Å². The van der Waals surface area contributed by atoms with Crippen LogP contribution in [0.5, 0.6) is 0 Å². The fraction of sp³-hybridized carbons (Fsp3) is 0.214. The number of rotatable bonds is 2. The van der Waals surface area contributed by atoms with Crippen LogP contribution in [0.4, 0.5) is 10.5 Å². The molecule has 1 fully saturated rings. The quantitative estimate of drug-likeness (QED) is 0.799. The van der Waals surface area contributed by atoms with Crippen LogP contribution in [0.1, 0.15) is 6.42 Å². The van der Waals surface area contributed by atoms with Crippen LogP contribution in [0.3, 0.4) is 0 Å². The fourth-order valence-electron chi connectivity index (χ4n) is 2.24. The molecule has 1 aromatic carbocycles. The van der Waals surface area contributed by atoms with Crippen molar-refractivity contribution in [2.24, 2.45) is 5.92 Å². The number of amides is 2. The van der Waals surface area contributed by atoms with Gasteiger partial charge in [0.1, 0.15) is 0 Å². The van der Waals surface area contributed by atoms with E-state index in [1.807, 2.05) is 42.5 Å². The molecule has 2 atom stereocenters. The molecule has 2 aliphatic carbocycles. The van der Waals surface area contributed by atoms with Crippen molar-refractivity contribution in [1.29, 1.82) is 0 Å². The van der Waals surface area contributed by atoms with Gasteiger partial charge in [-0.15, -0.1) is 0 Å². The average molecular weight is 226 g/mol. The molecule has 0 aliphatic heterocycles. The molecule has 0 spiro atoms. The lowest BCUT2D eigenvalue weighted by Crippen LogP contribution is -2.40. The van der Waals surface area contributed by atoms with Crippen molar-refractivity contribution in [1.82, 2.24) is 5.32 Å². The number of anilines is 1. The van der Waals surface area contributed by atoms with Gasteiger partial charge in [-0.3, -0.25) is 0 Å². The summed E-state index contributed by atoms with van der Waals surface area (Å²) in [7, 11) is 0. The number of hydrogen-bond donors (Lipinski definition) is 2. The van der Waals surface area contributed by atoms with Crippen LogP contribution in [0.15, 0.2) is 54.6 Å². The number of benzene rings is 1. The molecular weight excluding hydrogens is 212 g/mol. The molecule has 2 amide bonds. The summed E-state index contributed by atoms with van der Waals surface area (Å²) >= 11 is 0. The number of hydrogen-bond acceptors (Lipinski definition) is 1. The Labute approximate surface area is 100 Å². The van der Waals surface area contributed by atoms with Crippen molar-refractivity contribution in [2.75, 3.05) is 5.32 Å². The van der Waals surface area contributed by atoms with Crippen molar-refractivity contribution in [3.63, 3.8) is 0 Å². The number of nitrogens with one attached hydrogen (secondary N) is 2. The molecule has 2 aliphatic rings. The molecule has 86 valence electrons. The molecule has 2 unspecified atom stereocenters. The first kappa shape index (κ1) is 10.1. The summed E-state index contributed by atoms with van der Waals surface area (Å²) in [5.74, 6) is 0.467. The second kappa shape index (κ2) is 3.77. The Balaban J connectivity index is 1.62. The Kier molecular flexibility index (Phi) is 2.25. The molecule has 0 saturated heterocycles. The summed E-state index contributed by atoms with van der Waals surface area (Å²) in [4.78, 5) is 11.8. The third-order valence-corrected chi connectivity index (χ3v) is 3.29. The van der Waals surface area contributed by atoms with E-state index in [0.29, 0.717) is 5.92 Å². The summed E-state index contributed by atoms with van der Waals surface area (Å²) in [5, 5.41) is 5.86. The van der Waals surface area contributed by atoms with Gasteiger partial charge in [0, 0.05) is 11.6 Å². The van der Waals surface area contributed by atoms with Crippen LogP contribution in [0, 0.1) is 5.92 Å². The Bertz CT molecular complexity index is 492. The minimum atomic E-state index is -0.140. The zero-order valence-corrected chi connectivity index (χ0v) is 9.39. The predicted molar refractivity (Wildman–Crippen MR) is 67.7 cm³/mol. The summed E-state index contributed by atoms with van der Waals surface area (Å²) in [6, 6.07) is 9.33. The molecular formula is C14H14N2O. The number of fused-ring (bicyclic) bond motifs is 1. The fourth-order valence-corrected chi connectivity index (χ4v) is 2.24. The third-order valence-electron chi connectivity index (χ3n) is 3.29. The summed E-state index contributed by atoms with van der Waals surface area (Å²) in [6.07, 6.45) is 9.24. The van der Waals surface area contributed by atoms with E-state index >= 15 is 0 Å². The average Bonchev–Trinajstić information content (AvgIpc) is 3.03. The lowest BCUT2D eigenvalue weighted by molar-refractivity contribution is 0.249. The normalized spacial score (nSPS) is 28.4. The highest BCUT2D eigenvalue weighted by Crippen LogP contribution is 2.47. The van der Waals surface area contributed by atoms with Gasteiger partial charge in [-0.1, -0.05) is 42.5 Å². The molecule has 2 N–H and O–H groups in total. The zero-order chi connectivity index (χ0) is 11.7. The number of urea groups is 1. The first-order chi connectivity index (χ1) is 8.28. The zero-order valence-electron chi connectivity index (χ0n) is 9.39. The van der Waals surface area contributed by atoms with Crippen LogP contribution >= 0.6 is 0 Å². The smallest absolute Gasteiger partial charge is 0.319 e. The highest BCUT2D eigenvalue weighted by Gasteiger charge is 2.52. The van der Waals surface area contributed by atoms with Gasteiger partial charge in [0.05, 0.1) is 5.54 Å². The van der Waals surface area contributed by atoms with E-state index in [9.17, 15) is 4.79 Å². The lowest BCUT2D eigenvalue weighted by atomic mass is 10.1. The second-order valence-corrected chi connectivity index (χ2v) is 4.54. The van der Waals surface area contributed by atoms with Crippen LogP contribution in [-0.2, 0) is 0 Å². The van der Waals surface area contributed by atoms with Crippen molar-refractivity contribution >= 4 is 11.7 Å². The number of para-hydroxylation sites is 1. The number of carbonyl (C=O) groups is 1. The maximum Gasteiger partial charge on any atom is 0.319 e. The van der Waals surface area contributed by atoms with Crippen molar-refractivity contribution in [3.05, 3.63) is 54.6 Å². The highest BCUT2D eigenvalue weighted by molar-refractivity contribution is 5.90. The van der Waals surface area contributed by atoms with Gasteiger partial charge in [0.2, 0.25) is 0 Å². The largest absolute Gasteiger partial charge is 0.328 e. The van der Waals surface area contributed by atoms with Crippen LogP contribution < -0.4 is 10.6 Å². The number of allylic oxidation sites excluding steroid dienone is 2. The van der Waals surface area contributed by atoms with Gasteiger partial charge in [0.25, 0.3) is 0 Å². The predicted octanol–water partition coefficient (Wildman–Crippen LogP) is 2.69. The Morgan fingerprint density at radius 3 is 2.82 bits per heavy atom. The minimum absolute atomic E-state index is 0.131. The van der Waals surface area contributed by atoms with Gasteiger partial charge in [0.15, 0.2) is 0 Å². The molecule has 3 heteroatoms. The summed E-state index contributed by atoms with van der Waals surface area (Å²) in [6.45, 7) is 0. The van der Waals surface area contributed by atoms with Crippen LogP contribution in [-0.4, -0.2) is 11.6 Å². The Morgan fingerprint density at radius 2 is 2.06 bits per heavy atom. The van der Waals surface area contributed by atoms with E-state index in [-0.39, 0.29) is 11.6 Å². The van der Waals surface area contributed by atoms with Gasteiger partial charge < -0.3 is 10.6 Å². The second-order valence-electron chi connectivity index (χ2n) is 4.54.